The zero-order valence-electron chi connectivity index (χ0n) is 14.8. The van der Waals surface area contributed by atoms with Gasteiger partial charge in [0, 0.05) is 14.8 Å². The van der Waals surface area contributed by atoms with Crippen molar-refractivity contribution >= 4 is 28.4 Å². The van der Waals surface area contributed by atoms with E-state index in [1.807, 2.05) is 0 Å². The highest BCUT2D eigenvalue weighted by Gasteiger charge is 2.77. The fraction of sp³-hybridized carbons (Fsp3) is 0.952. The number of halogens is 1. The van der Waals surface area contributed by atoms with Crippen LogP contribution in [0.5, 0.6) is 0 Å². The smallest absolute Gasteiger partial charge is 0.142 e. The van der Waals surface area contributed by atoms with E-state index in [0.29, 0.717) is 26.5 Å². The van der Waals surface area contributed by atoms with Gasteiger partial charge in [-0.05, 0) is 85.9 Å². The third-order valence-corrected chi connectivity index (χ3v) is 12.5. The van der Waals surface area contributed by atoms with E-state index in [2.05, 4.69) is 36.4 Å². The molecule has 0 amide bonds. The van der Waals surface area contributed by atoms with Crippen molar-refractivity contribution in [2.75, 3.05) is 0 Å². The van der Waals surface area contributed by atoms with Gasteiger partial charge in [-0.1, -0.05) is 36.4 Å². The summed E-state index contributed by atoms with van der Waals surface area (Å²) in [5.74, 6) is 5.84. The zero-order chi connectivity index (χ0) is 16.6. The van der Waals surface area contributed by atoms with Crippen LogP contribution in [0.1, 0.15) is 58.8 Å². The molecule has 7 unspecified atom stereocenters. The Morgan fingerprint density at radius 2 is 1.88 bits per heavy atom. The van der Waals surface area contributed by atoms with E-state index in [-0.39, 0.29) is 11.5 Å². The number of hydrogen-bond donors (Lipinski definition) is 1. The summed E-state index contributed by atoms with van der Waals surface area (Å²) in [5, 5.41) is 10.4. The van der Waals surface area contributed by atoms with Crippen LogP contribution >= 0.6 is 22.6 Å². The lowest BCUT2D eigenvalue weighted by atomic mass is 9.44. The Morgan fingerprint density at radius 3 is 2.67 bits per heavy atom. The number of rotatable bonds is 0. The topological polar surface area (TPSA) is 37.3 Å². The highest BCUT2D eigenvalue weighted by molar-refractivity contribution is 14.1. The first-order valence-electron chi connectivity index (χ1n) is 10.2. The molecule has 6 aliphatic rings. The SMILES string of the molecule is C[C@]12CCC3C(C4CC4[C@]4(I)C[C@@H](O)CC[C@]34C)C1C1CC1C2=O. The van der Waals surface area contributed by atoms with Crippen molar-refractivity contribution in [3.05, 3.63) is 0 Å². The molecular formula is C21H29IO2. The average Bonchev–Trinajstić information content (AvgIpc) is 3.41. The lowest BCUT2D eigenvalue weighted by Gasteiger charge is -2.63. The molecule has 11 atom stereocenters. The van der Waals surface area contributed by atoms with Crippen molar-refractivity contribution < 1.29 is 9.90 Å². The van der Waals surface area contributed by atoms with Crippen LogP contribution in [0.3, 0.4) is 0 Å². The lowest BCUT2D eigenvalue weighted by Crippen LogP contribution is -2.62. The van der Waals surface area contributed by atoms with E-state index < -0.39 is 0 Å². The van der Waals surface area contributed by atoms with Crippen molar-refractivity contribution in [2.24, 2.45) is 52.3 Å². The Hall–Kier alpha value is 0.360. The Kier molecular flexibility index (Phi) is 2.74. The molecule has 0 bridgehead atoms. The maximum Gasteiger partial charge on any atom is 0.142 e. The Bertz CT molecular complexity index is 648. The summed E-state index contributed by atoms with van der Waals surface area (Å²) in [6.45, 7) is 4.90. The number of hydrogen-bond acceptors (Lipinski definition) is 2. The number of fused-ring (bicyclic) bond motifs is 10. The molecule has 132 valence electrons. The molecule has 6 saturated carbocycles. The van der Waals surface area contributed by atoms with Gasteiger partial charge in [0.1, 0.15) is 5.78 Å². The summed E-state index contributed by atoms with van der Waals surface area (Å²) in [4.78, 5) is 12.9. The first kappa shape index (κ1) is 15.4. The molecule has 0 aliphatic heterocycles. The molecule has 3 heteroatoms. The van der Waals surface area contributed by atoms with E-state index in [0.717, 1.165) is 48.9 Å². The van der Waals surface area contributed by atoms with Gasteiger partial charge in [-0.25, -0.2) is 0 Å². The number of Topliss-reactive ketones (excluding diaryl/α,β-unsaturated/α-hetero) is 1. The minimum Gasteiger partial charge on any atom is -0.393 e. The largest absolute Gasteiger partial charge is 0.393 e. The highest BCUT2D eigenvalue weighted by atomic mass is 127. The molecule has 0 spiro atoms. The maximum atomic E-state index is 12.9. The lowest BCUT2D eigenvalue weighted by molar-refractivity contribution is -0.143. The van der Waals surface area contributed by atoms with Gasteiger partial charge in [0.05, 0.1) is 6.10 Å². The third-order valence-electron chi connectivity index (χ3n) is 10.0. The summed E-state index contributed by atoms with van der Waals surface area (Å²) in [7, 11) is 0. The van der Waals surface area contributed by atoms with Gasteiger partial charge in [-0.3, -0.25) is 4.79 Å². The maximum absolute atomic E-state index is 12.9. The quantitative estimate of drug-likeness (QED) is 0.452. The van der Waals surface area contributed by atoms with Gasteiger partial charge in [-0.2, -0.15) is 0 Å². The van der Waals surface area contributed by atoms with E-state index >= 15 is 0 Å². The average molecular weight is 440 g/mol. The van der Waals surface area contributed by atoms with Gasteiger partial charge in [0.25, 0.3) is 0 Å². The van der Waals surface area contributed by atoms with Crippen LogP contribution in [-0.2, 0) is 4.79 Å². The van der Waals surface area contributed by atoms with Gasteiger partial charge in [0.15, 0.2) is 0 Å². The number of ketones is 1. The summed E-state index contributed by atoms with van der Waals surface area (Å²) in [6, 6.07) is 0. The molecular weight excluding hydrogens is 411 g/mol. The minimum atomic E-state index is -0.0810. The van der Waals surface area contributed by atoms with Crippen LogP contribution in [0.2, 0.25) is 0 Å². The second-order valence-electron chi connectivity index (χ2n) is 10.7. The summed E-state index contributed by atoms with van der Waals surface area (Å²) >= 11 is 2.79. The van der Waals surface area contributed by atoms with Gasteiger partial charge in [-0.15, -0.1) is 0 Å². The molecule has 2 nitrogen and oxygen atoms in total. The Labute approximate surface area is 158 Å². The molecule has 0 aromatic carbocycles. The van der Waals surface area contributed by atoms with E-state index in [1.54, 1.807) is 0 Å². The molecule has 0 aromatic rings. The summed E-state index contributed by atoms with van der Waals surface area (Å²) in [5.41, 5.74) is 0.407. The number of carbonyl (C=O) groups is 1. The van der Waals surface area contributed by atoms with Crippen LogP contribution in [-0.4, -0.2) is 20.4 Å². The van der Waals surface area contributed by atoms with E-state index in [9.17, 15) is 9.90 Å². The predicted molar refractivity (Wildman–Crippen MR) is 101 cm³/mol. The molecule has 0 heterocycles. The van der Waals surface area contributed by atoms with Crippen molar-refractivity contribution in [3.8, 4) is 0 Å². The minimum absolute atomic E-state index is 0.0255. The molecule has 0 radical (unpaired) electrons. The molecule has 1 N–H and O–H groups in total. The zero-order valence-corrected chi connectivity index (χ0v) is 17.0. The van der Waals surface area contributed by atoms with Crippen molar-refractivity contribution in [1.82, 2.24) is 0 Å². The summed E-state index contributed by atoms with van der Waals surface area (Å²) < 4.78 is 0.313. The second kappa shape index (κ2) is 4.26. The van der Waals surface area contributed by atoms with Crippen LogP contribution in [0, 0.1) is 52.3 Å². The number of aliphatic hydroxyl groups is 1. The predicted octanol–water partition coefficient (Wildman–Crippen LogP) is 4.23. The van der Waals surface area contributed by atoms with Crippen LogP contribution in [0.4, 0.5) is 0 Å². The molecule has 6 fully saturated rings. The number of alkyl halides is 1. The highest BCUT2D eigenvalue weighted by Crippen LogP contribution is 2.80. The number of carbonyl (C=O) groups excluding carboxylic acids is 1. The van der Waals surface area contributed by atoms with Crippen molar-refractivity contribution in [2.45, 2.75) is 68.3 Å². The first-order chi connectivity index (χ1) is 11.3. The fourth-order valence-electron chi connectivity index (χ4n) is 8.77. The molecule has 6 rings (SSSR count). The van der Waals surface area contributed by atoms with Gasteiger partial charge < -0.3 is 5.11 Å². The standard InChI is InChI=1S/C21H29IO2/c1-19-5-4-14-16(17(19)11-7-12(11)18(19)24)13-8-15(13)21(22)9-10(23)3-6-20(14,21)2/h10-17,23H,3-9H2,1-2H3/t10-,11?,12?,13?,14?,15?,16?,17?,19-,20+,21+/m0/s1. The summed E-state index contributed by atoms with van der Waals surface area (Å²) in [6.07, 6.45) is 8.14. The van der Waals surface area contributed by atoms with E-state index in [4.69, 9.17) is 0 Å². The van der Waals surface area contributed by atoms with Crippen LogP contribution in [0.15, 0.2) is 0 Å². The van der Waals surface area contributed by atoms with Crippen molar-refractivity contribution in [3.63, 3.8) is 0 Å². The van der Waals surface area contributed by atoms with Crippen molar-refractivity contribution in [1.29, 1.82) is 0 Å². The Morgan fingerprint density at radius 1 is 1.08 bits per heavy atom. The van der Waals surface area contributed by atoms with E-state index in [1.165, 1.54) is 25.7 Å². The molecule has 0 saturated heterocycles. The van der Waals surface area contributed by atoms with Crippen LogP contribution < -0.4 is 0 Å². The molecule has 0 aromatic heterocycles. The normalized spacial score (nSPS) is 69.1. The molecule has 6 aliphatic carbocycles. The fourth-order valence-corrected chi connectivity index (χ4v) is 10.7. The monoisotopic (exact) mass is 440 g/mol. The van der Waals surface area contributed by atoms with Gasteiger partial charge in [0.2, 0.25) is 0 Å². The Balaban J connectivity index is 1.45. The third kappa shape index (κ3) is 1.50. The number of aliphatic hydroxyl groups excluding tert-OH is 1. The van der Waals surface area contributed by atoms with Gasteiger partial charge >= 0.3 is 0 Å². The van der Waals surface area contributed by atoms with Crippen LogP contribution in [0.25, 0.3) is 0 Å². The first-order valence-corrected chi connectivity index (χ1v) is 11.3. The second-order valence-corrected chi connectivity index (χ2v) is 12.6. The molecule has 24 heavy (non-hydrogen) atoms.